The lowest BCUT2D eigenvalue weighted by molar-refractivity contribution is -0.121. The average Bonchev–Trinajstić information content (AvgIpc) is 2.27. The molecule has 0 saturated carbocycles. The molecule has 0 aliphatic heterocycles. The van der Waals surface area contributed by atoms with Gasteiger partial charge in [-0.15, -0.1) is 0 Å². The Kier molecular flexibility index (Phi) is 9.03. The normalized spacial score (nSPS) is 11.5. The molecule has 0 spiro atoms. The molecule has 0 aliphatic rings. The van der Waals surface area contributed by atoms with E-state index in [0.717, 1.165) is 6.42 Å². The number of rotatable bonds is 10. The minimum Gasteiger partial charge on any atom is -0.382 e. The molecule has 102 valence electrons. The lowest BCUT2D eigenvalue weighted by Crippen LogP contribution is -2.46. The minimum absolute atomic E-state index is 0.0220. The van der Waals surface area contributed by atoms with Gasteiger partial charge in [-0.2, -0.15) is 0 Å². The summed E-state index contributed by atoms with van der Waals surface area (Å²) in [5, 5.41) is 5.99. The van der Waals surface area contributed by atoms with Crippen molar-refractivity contribution in [3.63, 3.8) is 0 Å². The van der Waals surface area contributed by atoms with Crippen LogP contribution in [-0.2, 0) is 14.3 Å². The van der Waals surface area contributed by atoms with Crippen molar-refractivity contribution in [3.05, 3.63) is 0 Å². The predicted octanol–water partition coefficient (Wildman–Crippen LogP) is 0.544. The summed E-state index contributed by atoms with van der Waals surface area (Å²) >= 11 is 0. The molecule has 0 radical (unpaired) electrons. The summed E-state index contributed by atoms with van der Waals surface area (Å²) in [5.41, 5.74) is -0.131. The SMILES string of the molecule is CCC(C)(C)NC(=O)CNCCOCCOC. The van der Waals surface area contributed by atoms with Crippen LogP contribution in [-0.4, -0.2) is 51.5 Å². The van der Waals surface area contributed by atoms with Gasteiger partial charge in [0, 0.05) is 19.2 Å². The molecule has 0 fully saturated rings. The second-order valence-corrected chi connectivity index (χ2v) is 4.57. The molecular formula is C12H26N2O3. The first kappa shape index (κ1) is 16.4. The molecule has 0 aromatic carbocycles. The van der Waals surface area contributed by atoms with Gasteiger partial charge in [0.15, 0.2) is 0 Å². The molecule has 5 nitrogen and oxygen atoms in total. The van der Waals surface area contributed by atoms with E-state index in [-0.39, 0.29) is 11.4 Å². The Hall–Kier alpha value is -0.650. The average molecular weight is 246 g/mol. The molecule has 0 aliphatic carbocycles. The van der Waals surface area contributed by atoms with Crippen LogP contribution in [0.2, 0.25) is 0 Å². The Labute approximate surface area is 104 Å². The summed E-state index contributed by atoms with van der Waals surface area (Å²) in [6.07, 6.45) is 0.916. The summed E-state index contributed by atoms with van der Waals surface area (Å²) in [6, 6.07) is 0. The molecule has 1 amide bonds. The van der Waals surface area contributed by atoms with Crippen LogP contribution in [0, 0.1) is 0 Å². The number of methoxy groups -OCH3 is 1. The van der Waals surface area contributed by atoms with Crippen LogP contribution < -0.4 is 10.6 Å². The highest BCUT2D eigenvalue weighted by Gasteiger charge is 2.16. The predicted molar refractivity (Wildman–Crippen MR) is 68.1 cm³/mol. The maximum absolute atomic E-state index is 11.5. The fourth-order valence-electron chi connectivity index (χ4n) is 1.10. The van der Waals surface area contributed by atoms with E-state index in [1.807, 2.05) is 13.8 Å². The van der Waals surface area contributed by atoms with Crippen molar-refractivity contribution in [1.29, 1.82) is 0 Å². The van der Waals surface area contributed by atoms with E-state index < -0.39 is 0 Å². The van der Waals surface area contributed by atoms with Crippen molar-refractivity contribution in [1.82, 2.24) is 10.6 Å². The van der Waals surface area contributed by atoms with E-state index >= 15 is 0 Å². The summed E-state index contributed by atoms with van der Waals surface area (Å²) < 4.78 is 10.1. The molecule has 0 bridgehead atoms. The molecule has 0 rings (SSSR count). The summed E-state index contributed by atoms with van der Waals surface area (Å²) in [7, 11) is 1.64. The second-order valence-electron chi connectivity index (χ2n) is 4.57. The third-order valence-corrected chi connectivity index (χ3v) is 2.50. The van der Waals surface area contributed by atoms with Gasteiger partial charge in [0.2, 0.25) is 5.91 Å². The Balaban J connectivity index is 3.40. The first-order valence-electron chi connectivity index (χ1n) is 6.10. The van der Waals surface area contributed by atoms with E-state index in [1.165, 1.54) is 0 Å². The number of hydrogen-bond donors (Lipinski definition) is 2. The van der Waals surface area contributed by atoms with Gasteiger partial charge in [0.05, 0.1) is 26.4 Å². The number of hydrogen-bond acceptors (Lipinski definition) is 4. The molecule has 0 unspecified atom stereocenters. The molecule has 5 heteroatoms. The Bertz CT molecular complexity index is 208. The largest absolute Gasteiger partial charge is 0.382 e. The first-order chi connectivity index (χ1) is 8.02. The van der Waals surface area contributed by atoms with E-state index in [4.69, 9.17) is 9.47 Å². The molecule has 0 heterocycles. The smallest absolute Gasteiger partial charge is 0.234 e. The van der Waals surface area contributed by atoms with Crippen LogP contribution in [0.5, 0.6) is 0 Å². The zero-order chi connectivity index (χ0) is 13.1. The Morgan fingerprint density at radius 2 is 1.94 bits per heavy atom. The van der Waals surface area contributed by atoms with E-state index in [9.17, 15) is 4.79 Å². The maximum atomic E-state index is 11.5. The highest BCUT2D eigenvalue weighted by Crippen LogP contribution is 2.05. The van der Waals surface area contributed by atoms with Crippen LogP contribution in [0.1, 0.15) is 27.2 Å². The number of carbonyl (C=O) groups excluding carboxylic acids is 1. The van der Waals surface area contributed by atoms with Gasteiger partial charge in [0.25, 0.3) is 0 Å². The van der Waals surface area contributed by atoms with E-state index in [0.29, 0.717) is 32.9 Å². The highest BCUT2D eigenvalue weighted by atomic mass is 16.5. The van der Waals surface area contributed by atoms with Gasteiger partial charge in [-0.3, -0.25) is 4.79 Å². The summed E-state index contributed by atoms with van der Waals surface area (Å²) in [5.74, 6) is 0.0220. The molecule has 0 atom stereocenters. The van der Waals surface area contributed by atoms with Crippen LogP contribution in [0.4, 0.5) is 0 Å². The van der Waals surface area contributed by atoms with E-state index in [2.05, 4.69) is 17.6 Å². The number of nitrogens with one attached hydrogen (secondary N) is 2. The van der Waals surface area contributed by atoms with Crippen molar-refractivity contribution in [2.24, 2.45) is 0 Å². The molecule has 0 saturated heterocycles. The Morgan fingerprint density at radius 1 is 1.24 bits per heavy atom. The number of ether oxygens (including phenoxy) is 2. The molecule has 0 aromatic rings. The monoisotopic (exact) mass is 246 g/mol. The fourth-order valence-corrected chi connectivity index (χ4v) is 1.10. The number of carbonyl (C=O) groups is 1. The standard InChI is InChI=1S/C12H26N2O3/c1-5-12(2,3)14-11(15)10-13-6-7-17-9-8-16-4/h13H,5-10H2,1-4H3,(H,14,15). The fraction of sp³-hybridized carbons (Fsp3) is 0.917. The first-order valence-corrected chi connectivity index (χ1v) is 6.10. The van der Waals surface area contributed by atoms with Crippen LogP contribution in [0.15, 0.2) is 0 Å². The lowest BCUT2D eigenvalue weighted by atomic mass is 10.0. The zero-order valence-corrected chi connectivity index (χ0v) is 11.5. The third kappa shape index (κ3) is 10.2. The summed E-state index contributed by atoms with van der Waals surface area (Å²) in [6.45, 7) is 8.86. The molecule has 0 aromatic heterocycles. The van der Waals surface area contributed by atoms with Gasteiger partial charge in [0.1, 0.15) is 0 Å². The van der Waals surface area contributed by atoms with E-state index in [1.54, 1.807) is 7.11 Å². The van der Waals surface area contributed by atoms with Gasteiger partial charge >= 0.3 is 0 Å². The molecule has 17 heavy (non-hydrogen) atoms. The molecular weight excluding hydrogens is 220 g/mol. The molecule has 2 N–H and O–H groups in total. The lowest BCUT2D eigenvalue weighted by Gasteiger charge is -2.24. The van der Waals surface area contributed by atoms with Crippen molar-refractivity contribution in [2.75, 3.05) is 40.0 Å². The van der Waals surface area contributed by atoms with Gasteiger partial charge < -0.3 is 20.1 Å². The second kappa shape index (κ2) is 9.39. The maximum Gasteiger partial charge on any atom is 0.234 e. The van der Waals surface area contributed by atoms with Crippen molar-refractivity contribution in [2.45, 2.75) is 32.7 Å². The van der Waals surface area contributed by atoms with Crippen molar-refractivity contribution >= 4 is 5.91 Å². The van der Waals surface area contributed by atoms with Gasteiger partial charge in [-0.25, -0.2) is 0 Å². The zero-order valence-electron chi connectivity index (χ0n) is 11.5. The van der Waals surface area contributed by atoms with Crippen molar-refractivity contribution in [3.8, 4) is 0 Å². The highest BCUT2D eigenvalue weighted by molar-refractivity contribution is 5.78. The third-order valence-electron chi connectivity index (χ3n) is 2.50. The van der Waals surface area contributed by atoms with Crippen LogP contribution >= 0.6 is 0 Å². The summed E-state index contributed by atoms with van der Waals surface area (Å²) in [4.78, 5) is 11.5. The quantitative estimate of drug-likeness (QED) is 0.553. The topological polar surface area (TPSA) is 59.6 Å². The van der Waals surface area contributed by atoms with Crippen molar-refractivity contribution < 1.29 is 14.3 Å². The van der Waals surface area contributed by atoms with Crippen LogP contribution in [0.25, 0.3) is 0 Å². The number of amides is 1. The van der Waals surface area contributed by atoms with Gasteiger partial charge in [-0.1, -0.05) is 6.92 Å². The van der Waals surface area contributed by atoms with Gasteiger partial charge in [-0.05, 0) is 20.3 Å². The Morgan fingerprint density at radius 3 is 2.53 bits per heavy atom. The van der Waals surface area contributed by atoms with Crippen LogP contribution in [0.3, 0.4) is 0 Å². The minimum atomic E-state index is -0.131.